The monoisotopic (exact) mass is 340 g/mol. The van der Waals surface area contributed by atoms with Crippen LogP contribution in [0.1, 0.15) is 24.8 Å². The molecular weight excluding hydrogens is 316 g/mol. The highest BCUT2D eigenvalue weighted by atomic mass is 16.5. The van der Waals surface area contributed by atoms with Crippen LogP contribution in [0.5, 0.6) is 6.01 Å². The molecule has 1 aliphatic rings. The lowest BCUT2D eigenvalue weighted by Crippen LogP contribution is -2.35. The average molecular weight is 340 g/mol. The molecule has 1 saturated heterocycles. The van der Waals surface area contributed by atoms with Crippen LogP contribution in [0.15, 0.2) is 36.5 Å². The minimum absolute atomic E-state index is 0.0939. The Morgan fingerprint density at radius 1 is 1.28 bits per heavy atom. The van der Waals surface area contributed by atoms with Gasteiger partial charge in [0.1, 0.15) is 5.82 Å². The van der Waals surface area contributed by atoms with Crippen LogP contribution in [0.3, 0.4) is 0 Å². The highest BCUT2D eigenvalue weighted by Crippen LogP contribution is 2.25. The number of nitrogens with one attached hydrogen (secondary N) is 1. The van der Waals surface area contributed by atoms with Crippen molar-refractivity contribution in [3.8, 4) is 6.01 Å². The van der Waals surface area contributed by atoms with E-state index in [0.717, 1.165) is 43.0 Å². The topological polar surface area (TPSA) is 67.3 Å². The first-order valence-corrected chi connectivity index (χ1v) is 8.63. The molecule has 1 aromatic carbocycles. The van der Waals surface area contributed by atoms with Crippen molar-refractivity contribution in [3.05, 3.63) is 42.1 Å². The van der Waals surface area contributed by atoms with Crippen molar-refractivity contribution in [1.82, 2.24) is 9.97 Å². The quantitative estimate of drug-likeness (QED) is 0.906. The first kappa shape index (κ1) is 17.2. The van der Waals surface area contributed by atoms with Crippen LogP contribution in [0, 0.1) is 12.8 Å². The van der Waals surface area contributed by atoms with Crippen molar-refractivity contribution in [2.75, 3.05) is 30.4 Å². The lowest BCUT2D eigenvalue weighted by Gasteiger charge is -2.32. The normalized spacial score (nSPS) is 15.0. The van der Waals surface area contributed by atoms with Crippen LogP contribution < -0.4 is 15.0 Å². The van der Waals surface area contributed by atoms with Crippen LogP contribution in [0.4, 0.5) is 11.5 Å². The smallest absolute Gasteiger partial charge is 0.318 e. The molecule has 132 valence electrons. The minimum atomic E-state index is 0.0939. The molecule has 0 atom stereocenters. The molecule has 2 aromatic rings. The second-order valence-electron chi connectivity index (χ2n) is 6.40. The zero-order valence-electron chi connectivity index (χ0n) is 14.7. The fourth-order valence-electron chi connectivity index (χ4n) is 3.15. The Hall–Kier alpha value is -2.63. The van der Waals surface area contributed by atoms with Gasteiger partial charge in [0.2, 0.25) is 5.91 Å². The van der Waals surface area contributed by atoms with Gasteiger partial charge < -0.3 is 15.0 Å². The molecular formula is C19H24N4O2. The first-order chi connectivity index (χ1) is 12.2. The summed E-state index contributed by atoms with van der Waals surface area (Å²) in [7, 11) is 1.57. The number of rotatable bonds is 5. The fraction of sp³-hybridized carbons (Fsp3) is 0.421. The summed E-state index contributed by atoms with van der Waals surface area (Å²) in [5.74, 6) is 1.38. The van der Waals surface area contributed by atoms with Crippen molar-refractivity contribution in [2.24, 2.45) is 5.92 Å². The number of hydrogen-bond donors (Lipinski definition) is 1. The largest absolute Gasteiger partial charge is 0.467 e. The maximum atomic E-state index is 12.3. The second kappa shape index (κ2) is 7.96. The fourth-order valence-corrected chi connectivity index (χ4v) is 3.15. The molecule has 0 saturated carbocycles. The molecule has 0 unspecified atom stereocenters. The van der Waals surface area contributed by atoms with Crippen molar-refractivity contribution in [2.45, 2.75) is 26.2 Å². The lowest BCUT2D eigenvalue weighted by molar-refractivity contribution is -0.117. The summed E-state index contributed by atoms with van der Waals surface area (Å²) in [6.45, 7) is 3.79. The number of nitrogens with zero attached hydrogens (tertiary/aromatic N) is 3. The summed E-state index contributed by atoms with van der Waals surface area (Å²) in [6, 6.07) is 10.1. The van der Waals surface area contributed by atoms with Gasteiger partial charge in [0, 0.05) is 31.4 Å². The molecule has 0 spiro atoms. The zero-order valence-corrected chi connectivity index (χ0v) is 14.7. The molecule has 0 bridgehead atoms. The number of benzene rings is 1. The van der Waals surface area contributed by atoms with Crippen LogP contribution in [0.25, 0.3) is 0 Å². The van der Waals surface area contributed by atoms with E-state index in [9.17, 15) is 4.79 Å². The van der Waals surface area contributed by atoms with E-state index < -0.39 is 0 Å². The molecule has 1 aromatic heterocycles. The van der Waals surface area contributed by atoms with E-state index >= 15 is 0 Å². The number of piperidine rings is 1. The molecule has 1 fully saturated rings. The zero-order chi connectivity index (χ0) is 17.6. The van der Waals surface area contributed by atoms with E-state index in [4.69, 9.17) is 4.74 Å². The van der Waals surface area contributed by atoms with E-state index in [1.54, 1.807) is 13.3 Å². The van der Waals surface area contributed by atoms with Gasteiger partial charge in [-0.2, -0.15) is 4.98 Å². The lowest BCUT2D eigenvalue weighted by atomic mass is 9.93. The highest BCUT2D eigenvalue weighted by molar-refractivity contribution is 5.91. The number of aryl methyl sites for hydroxylation is 1. The van der Waals surface area contributed by atoms with Gasteiger partial charge >= 0.3 is 6.01 Å². The van der Waals surface area contributed by atoms with Gasteiger partial charge in [0.15, 0.2) is 0 Å². The number of carbonyl (C=O) groups excluding carboxylic acids is 1. The molecule has 2 heterocycles. The van der Waals surface area contributed by atoms with E-state index in [2.05, 4.69) is 20.2 Å². The number of ether oxygens (including phenoxy) is 1. The maximum Gasteiger partial charge on any atom is 0.318 e. The third-order valence-corrected chi connectivity index (χ3v) is 4.63. The van der Waals surface area contributed by atoms with Gasteiger partial charge in [-0.15, -0.1) is 0 Å². The number of carbonyl (C=O) groups is 1. The molecule has 1 amide bonds. The molecule has 6 heteroatoms. The van der Waals surface area contributed by atoms with Gasteiger partial charge in [-0.05, 0) is 43.4 Å². The van der Waals surface area contributed by atoms with Gasteiger partial charge in [0.05, 0.1) is 7.11 Å². The third kappa shape index (κ3) is 4.47. The predicted octanol–water partition coefficient (Wildman–Crippen LogP) is 3.04. The van der Waals surface area contributed by atoms with Gasteiger partial charge in [0.25, 0.3) is 0 Å². The first-order valence-electron chi connectivity index (χ1n) is 8.63. The summed E-state index contributed by atoms with van der Waals surface area (Å²) < 4.78 is 5.08. The molecule has 0 radical (unpaired) electrons. The van der Waals surface area contributed by atoms with Crippen molar-refractivity contribution in [1.29, 1.82) is 0 Å². The second-order valence-corrected chi connectivity index (χ2v) is 6.40. The van der Waals surface area contributed by atoms with E-state index in [1.807, 2.05) is 37.3 Å². The number of aromatic nitrogens is 2. The van der Waals surface area contributed by atoms with E-state index in [1.165, 1.54) is 0 Å². The van der Waals surface area contributed by atoms with Crippen molar-refractivity contribution < 1.29 is 9.53 Å². The van der Waals surface area contributed by atoms with Gasteiger partial charge in [-0.3, -0.25) is 4.79 Å². The Morgan fingerprint density at radius 3 is 2.76 bits per heavy atom. The Bertz CT molecular complexity index is 727. The molecule has 6 nitrogen and oxygen atoms in total. The summed E-state index contributed by atoms with van der Waals surface area (Å²) in [5, 5.41) is 3.03. The van der Waals surface area contributed by atoms with E-state index in [0.29, 0.717) is 18.3 Å². The Morgan fingerprint density at radius 2 is 2.04 bits per heavy atom. The van der Waals surface area contributed by atoms with E-state index in [-0.39, 0.29) is 5.91 Å². The van der Waals surface area contributed by atoms with Crippen LogP contribution in [0.2, 0.25) is 0 Å². The third-order valence-electron chi connectivity index (χ3n) is 4.63. The molecule has 1 aliphatic heterocycles. The number of para-hydroxylation sites is 1. The summed E-state index contributed by atoms with van der Waals surface area (Å²) in [4.78, 5) is 22.9. The average Bonchev–Trinajstić information content (AvgIpc) is 2.64. The summed E-state index contributed by atoms with van der Waals surface area (Å²) in [6.07, 6.45) is 4.24. The number of methoxy groups -OCH3 is 1. The number of amides is 1. The summed E-state index contributed by atoms with van der Waals surface area (Å²) >= 11 is 0. The minimum Gasteiger partial charge on any atom is -0.467 e. The Labute approximate surface area is 148 Å². The Kier molecular flexibility index (Phi) is 5.48. The van der Waals surface area contributed by atoms with Gasteiger partial charge in [-0.25, -0.2) is 4.98 Å². The standard InChI is InChI=1S/C19H24N4O2/c1-14-5-3-4-6-16(14)21-18(24)13-15-8-11-23(12-9-15)17-7-10-20-19(22-17)25-2/h3-7,10,15H,8-9,11-13H2,1-2H3,(H,21,24). The van der Waals surface area contributed by atoms with Crippen LogP contribution in [-0.2, 0) is 4.79 Å². The van der Waals surface area contributed by atoms with Crippen molar-refractivity contribution >= 4 is 17.4 Å². The SMILES string of the molecule is COc1nccc(N2CCC(CC(=O)Nc3ccccc3C)CC2)n1. The number of anilines is 2. The van der Waals surface area contributed by atoms with Gasteiger partial charge in [-0.1, -0.05) is 18.2 Å². The molecule has 25 heavy (non-hydrogen) atoms. The number of hydrogen-bond acceptors (Lipinski definition) is 5. The maximum absolute atomic E-state index is 12.3. The molecule has 1 N–H and O–H groups in total. The Balaban J connectivity index is 1.50. The highest BCUT2D eigenvalue weighted by Gasteiger charge is 2.22. The van der Waals surface area contributed by atoms with Crippen LogP contribution in [-0.4, -0.2) is 36.1 Å². The van der Waals surface area contributed by atoms with Crippen LogP contribution >= 0.6 is 0 Å². The predicted molar refractivity (Wildman–Crippen MR) is 97.9 cm³/mol. The summed E-state index contributed by atoms with van der Waals surface area (Å²) in [5.41, 5.74) is 1.99. The molecule has 3 rings (SSSR count). The molecule has 0 aliphatic carbocycles. The van der Waals surface area contributed by atoms with Crippen molar-refractivity contribution in [3.63, 3.8) is 0 Å².